The summed E-state index contributed by atoms with van der Waals surface area (Å²) in [6, 6.07) is 18.1. The van der Waals surface area contributed by atoms with Gasteiger partial charge in [0.2, 0.25) is 5.91 Å². The maximum Gasteiger partial charge on any atom is 0.235 e. The molecule has 6 rings (SSSR count). The topological polar surface area (TPSA) is 66.9 Å². The van der Waals surface area contributed by atoms with E-state index >= 15 is 0 Å². The molecule has 1 fully saturated rings. The summed E-state index contributed by atoms with van der Waals surface area (Å²) < 4.78 is 0. The van der Waals surface area contributed by atoms with Crippen LogP contribution < -0.4 is 10.6 Å². The Morgan fingerprint density at radius 2 is 1.88 bits per heavy atom. The van der Waals surface area contributed by atoms with Crippen molar-refractivity contribution in [3.05, 3.63) is 83.8 Å². The normalized spacial score (nSPS) is 15.0. The number of carbonyl (C=O) groups excluding carboxylic acids is 1. The van der Waals surface area contributed by atoms with Gasteiger partial charge in [-0.25, -0.2) is 9.97 Å². The first-order chi connectivity index (χ1) is 16.1. The fourth-order valence-corrected chi connectivity index (χ4v) is 4.72. The number of aromatic nitrogens is 2. The second-order valence-electron chi connectivity index (χ2n) is 8.35. The van der Waals surface area contributed by atoms with Crippen LogP contribution in [0.4, 0.5) is 17.2 Å². The summed E-state index contributed by atoms with van der Waals surface area (Å²) in [6.45, 7) is 0. The lowest BCUT2D eigenvalue weighted by Gasteiger charge is -2.08. The molecule has 0 saturated heterocycles. The van der Waals surface area contributed by atoms with Crippen molar-refractivity contribution < 1.29 is 4.79 Å². The Hall–Kier alpha value is -3.82. The van der Waals surface area contributed by atoms with E-state index in [9.17, 15) is 4.79 Å². The average Bonchev–Trinajstić information content (AvgIpc) is 3.60. The second kappa shape index (κ2) is 7.65. The molecule has 160 valence electrons. The van der Waals surface area contributed by atoms with E-state index in [4.69, 9.17) is 0 Å². The van der Waals surface area contributed by atoms with Crippen molar-refractivity contribution in [1.82, 2.24) is 9.97 Å². The van der Waals surface area contributed by atoms with E-state index in [1.807, 2.05) is 48.7 Å². The molecule has 2 N–H and O–H groups in total. The smallest absolute Gasteiger partial charge is 0.235 e. The molecular formula is C27H20N4OS. The molecule has 1 spiro atoms. The zero-order valence-corrected chi connectivity index (χ0v) is 18.8. The number of hydrogen-bond donors (Lipinski definition) is 2. The van der Waals surface area contributed by atoms with Crippen molar-refractivity contribution in [1.29, 1.82) is 0 Å². The molecule has 1 amide bonds. The Balaban J connectivity index is 1.31. The number of nitrogens with one attached hydrogen (secondary N) is 2. The number of carbonyl (C=O) groups is 1. The molecule has 2 aromatic carbocycles. The zero-order valence-electron chi connectivity index (χ0n) is 18.0. The van der Waals surface area contributed by atoms with Crippen LogP contribution in [0.1, 0.15) is 29.7 Å². The maximum atomic E-state index is 12.3. The first-order valence-electron chi connectivity index (χ1n) is 10.8. The van der Waals surface area contributed by atoms with Gasteiger partial charge in [0, 0.05) is 45.0 Å². The van der Waals surface area contributed by atoms with Gasteiger partial charge in [0.15, 0.2) is 0 Å². The number of amides is 1. The molecule has 2 aliphatic rings. The second-order valence-corrected chi connectivity index (χ2v) is 9.23. The fraction of sp³-hybridized carbons (Fsp3) is 0.148. The number of rotatable bonds is 3. The van der Waals surface area contributed by atoms with Crippen molar-refractivity contribution in [2.24, 2.45) is 0 Å². The molecule has 0 bridgehead atoms. The van der Waals surface area contributed by atoms with Gasteiger partial charge in [-0.15, -0.1) is 11.8 Å². The Kier molecular flexibility index (Phi) is 4.60. The van der Waals surface area contributed by atoms with E-state index in [1.54, 1.807) is 18.0 Å². The Morgan fingerprint density at radius 1 is 1.03 bits per heavy atom. The summed E-state index contributed by atoms with van der Waals surface area (Å²) in [6.07, 6.45) is 7.51. The minimum atomic E-state index is -0.273. The van der Waals surface area contributed by atoms with Crippen molar-refractivity contribution in [2.45, 2.75) is 23.2 Å². The third-order valence-corrected chi connectivity index (χ3v) is 7.05. The lowest BCUT2D eigenvalue weighted by atomic mass is 9.97. The number of pyridine rings is 2. The quantitative estimate of drug-likeness (QED) is 0.321. The molecule has 5 nitrogen and oxygen atoms in total. The van der Waals surface area contributed by atoms with Gasteiger partial charge in [-0.3, -0.25) is 4.79 Å². The van der Waals surface area contributed by atoms with Crippen LogP contribution in [0.5, 0.6) is 0 Å². The molecule has 2 aromatic heterocycles. The predicted molar refractivity (Wildman–Crippen MR) is 133 cm³/mol. The van der Waals surface area contributed by atoms with Gasteiger partial charge in [0.25, 0.3) is 0 Å². The van der Waals surface area contributed by atoms with E-state index in [-0.39, 0.29) is 11.3 Å². The molecule has 1 aliphatic carbocycles. The van der Waals surface area contributed by atoms with Crippen molar-refractivity contribution in [3.8, 4) is 11.8 Å². The third kappa shape index (κ3) is 3.51. The van der Waals surface area contributed by atoms with Crippen molar-refractivity contribution >= 4 is 45.6 Å². The summed E-state index contributed by atoms with van der Waals surface area (Å²) in [4.78, 5) is 22.5. The van der Waals surface area contributed by atoms with Gasteiger partial charge in [0.1, 0.15) is 11.5 Å². The van der Waals surface area contributed by atoms with Crippen LogP contribution in [0.15, 0.2) is 71.9 Å². The number of benzene rings is 2. The van der Waals surface area contributed by atoms with Crippen LogP contribution in [0.3, 0.4) is 0 Å². The molecule has 4 aromatic rings. The molecule has 33 heavy (non-hydrogen) atoms. The summed E-state index contributed by atoms with van der Waals surface area (Å²) in [5.41, 5.74) is 4.24. The first kappa shape index (κ1) is 19.8. The lowest BCUT2D eigenvalue weighted by molar-refractivity contribution is -0.117. The molecule has 0 radical (unpaired) electrons. The molecule has 6 heteroatoms. The number of fused-ring (bicyclic) bond motifs is 3. The third-order valence-electron chi connectivity index (χ3n) is 6.30. The summed E-state index contributed by atoms with van der Waals surface area (Å²) in [7, 11) is 0. The summed E-state index contributed by atoms with van der Waals surface area (Å²) in [5, 5.41) is 8.29. The molecular weight excluding hydrogens is 428 g/mol. The van der Waals surface area contributed by atoms with Gasteiger partial charge in [0.05, 0.1) is 5.41 Å². The minimum Gasteiger partial charge on any atom is -0.340 e. The van der Waals surface area contributed by atoms with Crippen molar-refractivity contribution in [3.63, 3.8) is 0 Å². The monoisotopic (exact) mass is 448 g/mol. The Labute approximate surface area is 196 Å². The largest absolute Gasteiger partial charge is 0.340 e. The van der Waals surface area contributed by atoms with Gasteiger partial charge < -0.3 is 10.6 Å². The SMILES string of the molecule is CSc1ccc(Nc2cc3c(C#Cc4ccc5c(c4)NC(=O)C54CC4)nccc3cn2)cc1. The maximum absolute atomic E-state index is 12.3. The van der Waals surface area contributed by atoms with Gasteiger partial charge in [-0.05, 0) is 79.1 Å². The van der Waals surface area contributed by atoms with Gasteiger partial charge >= 0.3 is 0 Å². The molecule has 3 heterocycles. The van der Waals surface area contributed by atoms with Crippen LogP contribution in [0.2, 0.25) is 0 Å². The average molecular weight is 449 g/mol. The molecule has 1 saturated carbocycles. The minimum absolute atomic E-state index is 0.119. The van der Waals surface area contributed by atoms with Crippen LogP contribution in [-0.2, 0) is 10.2 Å². The van der Waals surface area contributed by atoms with Gasteiger partial charge in [-0.1, -0.05) is 12.0 Å². The number of nitrogens with zero attached hydrogens (tertiary/aromatic N) is 2. The van der Waals surface area contributed by atoms with Crippen LogP contribution >= 0.6 is 11.8 Å². The summed E-state index contributed by atoms with van der Waals surface area (Å²) >= 11 is 1.71. The van der Waals surface area contributed by atoms with E-state index in [1.165, 1.54) is 4.90 Å². The van der Waals surface area contributed by atoms with E-state index in [2.05, 4.69) is 50.8 Å². The predicted octanol–water partition coefficient (Wildman–Crippen LogP) is 5.48. The fourth-order valence-electron chi connectivity index (χ4n) is 4.32. The molecule has 1 aliphatic heterocycles. The highest BCUT2D eigenvalue weighted by molar-refractivity contribution is 7.98. The van der Waals surface area contributed by atoms with E-state index < -0.39 is 0 Å². The molecule has 0 atom stereocenters. The van der Waals surface area contributed by atoms with Crippen molar-refractivity contribution in [2.75, 3.05) is 16.9 Å². The van der Waals surface area contributed by atoms with E-state index in [0.29, 0.717) is 5.69 Å². The van der Waals surface area contributed by atoms with E-state index in [0.717, 1.165) is 51.9 Å². The number of anilines is 3. The highest BCUT2D eigenvalue weighted by Crippen LogP contribution is 2.55. The first-order valence-corrected chi connectivity index (χ1v) is 12.0. The van der Waals surface area contributed by atoms with Crippen LogP contribution in [0.25, 0.3) is 10.8 Å². The molecule has 0 unspecified atom stereocenters. The Bertz CT molecular complexity index is 1480. The number of thioether (sulfide) groups is 1. The standard InChI is InChI=1S/C27H20N4OS/c1-33-20-6-4-19(5-7-20)30-25-15-21-18(16-29-25)10-13-28-23(21)9-3-17-2-8-22-24(14-17)31-26(32)27(22)11-12-27/h2,4-8,10,13-16H,11-12H2,1H3,(H,29,30)(H,31,32). The Morgan fingerprint density at radius 3 is 2.67 bits per heavy atom. The lowest BCUT2D eigenvalue weighted by Crippen LogP contribution is -2.18. The zero-order chi connectivity index (χ0) is 22.4. The van der Waals surface area contributed by atoms with Crippen LogP contribution in [-0.4, -0.2) is 22.1 Å². The summed E-state index contributed by atoms with van der Waals surface area (Å²) in [5.74, 6) is 7.30. The highest BCUT2D eigenvalue weighted by Gasteiger charge is 2.56. The van der Waals surface area contributed by atoms with Crippen LogP contribution in [0, 0.1) is 11.8 Å². The number of hydrogen-bond acceptors (Lipinski definition) is 5. The van der Waals surface area contributed by atoms with Gasteiger partial charge in [-0.2, -0.15) is 0 Å². The highest BCUT2D eigenvalue weighted by atomic mass is 32.2.